The summed E-state index contributed by atoms with van der Waals surface area (Å²) < 4.78 is 16.0. The number of non-ortho nitro benzene ring substituents is 1. The average molecular weight is 415 g/mol. The summed E-state index contributed by atoms with van der Waals surface area (Å²) in [7, 11) is 4.62. The molecule has 1 aliphatic heterocycles. The summed E-state index contributed by atoms with van der Waals surface area (Å²) in [5.41, 5.74) is 1.30. The predicted octanol–water partition coefficient (Wildman–Crippen LogP) is 3.40. The highest BCUT2D eigenvalue weighted by Crippen LogP contribution is 2.38. The SMILES string of the molecule is COc1ccc([C@H]2CCCN2CC(=O)Nc2ccc([N+](=O)[O-])cc2OC)c(OC)c1. The van der Waals surface area contributed by atoms with E-state index >= 15 is 0 Å². The van der Waals surface area contributed by atoms with E-state index in [1.807, 2.05) is 18.2 Å². The molecular formula is C21H25N3O6. The number of nitro benzene ring substituents is 1. The number of ether oxygens (including phenoxy) is 3. The number of methoxy groups -OCH3 is 3. The Morgan fingerprint density at radius 3 is 2.57 bits per heavy atom. The van der Waals surface area contributed by atoms with Gasteiger partial charge in [0.15, 0.2) is 0 Å². The lowest BCUT2D eigenvalue weighted by Gasteiger charge is -2.26. The van der Waals surface area contributed by atoms with Crippen LogP contribution in [0.5, 0.6) is 17.2 Å². The van der Waals surface area contributed by atoms with Gasteiger partial charge in [-0.05, 0) is 31.5 Å². The Bertz CT molecular complexity index is 933. The molecule has 3 rings (SSSR count). The first-order chi connectivity index (χ1) is 14.5. The van der Waals surface area contributed by atoms with Crippen molar-refractivity contribution in [3.8, 4) is 17.2 Å². The van der Waals surface area contributed by atoms with Crippen LogP contribution >= 0.6 is 0 Å². The molecule has 1 heterocycles. The van der Waals surface area contributed by atoms with Crippen LogP contribution in [0, 0.1) is 10.1 Å². The van der Waals surface area contributed by atoms with Gasteiger partial charge in [-0.2, -0.15) is 0 Å². The second kappa shape index (κ2) is 9.45. The monoisotopic (exact) mass is 415 g/mol. The van der Waals surface area contributed by atoms with E-state index in [9.17, 15) is 14.9 Å². The van der Waals surface area contributed by atoms with Crippen molar-refractivity contribution < 1.29 is 23.9 Å². The molecule has 1 N–H and O–H groups in total. The third-order valence-corrected chi connectivity index (χ3v) is 5.18. The summed E-state index contributed by atoms with van der Waals surface area (Å²) in [4.78, 5) is 25.2. The molecule has 1 fully saturated rings. The lowest BCUT2D eigenvalue weighted by atomic mass is 10.0. The van der Waals surface area contributed by atoms with Crippen LogP contribution in [0.4, 0.5) is 11.4 Å². The zero-order valence-electron chi connectivity index (χ0n) is 17.2. The quantitative estimate of drug-likeness (QED) is 0.521. The Morgan fingerprint density at radius 2 is 1.90 bits per heavy atom. The number of amides is 1. The molecular weight excluding hydrogens is 390 g/mol. The number of nitrogens with zero attached hydrogens (tertiary/aromatic N) is 2. The van der Waals surface area contributed by atoms with E-state index in [0.29, 0.717) is 11.4 Å². The van der Waals surface area contributed by atoms with Crippen LogP contribution < -0.4 is 19.5 Å². The highest BCUT2D eigenvalue weighted by Gasteiger charge is 2.30. The van der Waals surface area contributed by atoms with E-state index in [1.54, 1.807) is 14.2 Å². The number of nitro groups is 1. The smallest absolute Gasteiger partial charge is 0.273 e. The molecule has 1 aliphatic rings. The highest BCUT2D eigenvalue weighted by atomic mass is 16.6. The van der Waals surface area contributed by atoms with Crippen LogP contribution in [-0.4, -0.2) is 50.1 Å². The Kier molecular flexibility index (Phi) is 6.73. The highest BCUT2D eigenvalue weighted by molar-refractivity contribution is 5.94. The van der Waals surface area contributed by atoms with Gasteiger partial charge < -0.3 is 19.5 Å². The Hall–Kier alpha value is -3.33. The van der Waals surface area contributed by atoms with Crippen LogP contribution in [0.3, 0.4) is 0 Å². The normalized spacial score (nSPS) is 16.2. The molecule has 9 heteroatoms. The summed E-state index contributed by atoms with van der Waals surface area (Å²) >= 11 is 0. The van der Waals surface area contributed by atoms with Gasteiger partial charge in [-0.15, -0.1) is 0 Å². The molecule has 0 bridgehead atoms. The van der Waals surface area contributed by atoms with E-state index in [2.05, 4.69) is 10.2 Å². The second-order valence-corrected chi connectivity index (χ2v) is 6.93. The Labute approximate surface area is 174 Å². The van der Waals surface area contributed by atoms with Gasteiger partial charge in [0, 0.05) is 23.7 Å². The summed E-state index contributed by atoms with van der Waals surface area (Å²) in [6.07, 6.45) is 1.88. The van der Waals surface area contributed by atoms with Crippen molar-refractivity contribution in [2.24, 2.45) is 0 Å². The number of hydrogen-bond donors (Lipinski definition) is 1. The van der Waals surface area contributed by atoms with Gasteiger partial charge in [0.2, 0.25) is 5.91 Å². The van der Waals surface area contributed by atoms with Crippen LogP contribution in [-0.2, 0) is 4.79 Å². The van der Waals surface area contributed by atoms with Crippen molar-refractivity contribution >= 4 is 17.3 Å². The van der Waals surface area contributed by atoms with Crippen molar-refractivity contribution in [1.29, 1.82) is 0 Å². The van der Waals surface area contributed by atoms with E-state index in [4.69, 9.17) is 14.2 Å². The van der Waals surface area contributed by atoms with Crippen molar-refractivity contribution in [2.75, 3.05) is 39.7 Å². The van der Waals surface area contributed by atoms with Gasteiger partial charge >= 0.3 is 0 Å². The molecule has 2 aromatic rings. The first-order valence-corrected chi connectivity index (χ1v) is 9.55. The molecule has 0 radical (unpaired) electrons. The first kappa shape index (κ1) is 21.4. The maximum Gasteiger partial charge on any atom is 0.273 e. The van der Waals surface area contributed by atoms with Gasteiger partial charge in [-0.1, -0.05) is 6.07 Å². The maximum atomic E-state index is 12.7. The fourth-order valence-corrected chi connectivity index (χ4v) is 3.73. The molecule has 160 valence electrons. The van der Waals surface area contributed by atoms with Crippen LogP contribution in [0.1, 0.15) is 24.4 Å². The number of likely N-dealkylation sites (tertiary alicyclic amines) is 1. The number of hydrogen-bond acceptors (Lipinski definition) is 7. The third-order valence-electron chi connectivity index (χ3n) is 5.18. The Morgan fingerprint density at radius 1 is 1.13 bits per heavy atom. The molecule has 0 unspecified atom stereocenters. The molecule has 1 amide bonds. The zero-order chi connectivity index (χ0) is 21.7. The number of nitrogens with one attached hydrogen (secondary N) is 1. The predicted molar refractivity (Wildman–Crippen MR) is 111 cm³/mol. The van der Waals surface area contributed by atoms with Gasteiger partial charge in [0.25, 0.3) is 5.69 Å². The standard InChI is InChI=1S/C21H25N3O6/c1-28-15-7-8-16(19(12-15)29-2)18-5-4-10-23(18)13-21(25)22-17-9-6-14(24(26)27)11-20(17)30-3/h6-9,11-12,18H,4-5,10,13H2,1-3H3,(H,22,25)/t18-/m1/s1. The largest absolute Gasteiger partial charge is 0.497 e. The van der Waals surface area contributed by atoms with Crippen LogP contribution in [0.15, 0.2) is 36.4 Å². The van der Waals surface area contributed by atoms with Gasteiger partial charge in [-0.3, -0.25) is 19.8 Å². The first-order valence-electron chi connectivity index (χ1n) is 9.55. The van der Waals surface area contributed by atoms with Crippen LogP contribution in [0.25, 0.3) is 0 Å². The second-order valence-electron chi connectivity index (χ2n) is 6.93. The van der Waals surface area contributed by atoms with E-state index < -0.39 is 4.92 Å². The molecule has 0 spiro atoms. The molecule has 1 saturated heterocycles. The van der Waals surface area contributed by atoms with E-state index in [0.717, 1.165) is 30.7 Å². The number of carbonyl (C=O) groups excluding carboxylic acids is 1. The van der Waals surface area contributed by atoms with Crippen molar-refractivity contribution in [3.63, 3.8) is 0 Å². The summed E-state index contributed by atoms with van der Waals surface area (Å²) in [5.74, 6) is 1.46. The topological polar surface area (TPSA) is 103 Å². The molecule has 9 nitrogen and oxygen atoms in total. The van der Waals surface area contributed by atoms with Crippen molar-refractivity contribution in [1.82, 2.24) is 4.90 Å². The maximum absolute atomic E-state index is 12.7. The lowest BCUT2D eigenvalue weighted by Crippen LogP contribution is -2.33. The van der Waals surface area contributed by atoms with Gasteiger partial charge in [0.05, 0.1) is 44.6 Å². The molecule has 0 aromatic heterocycles. The minimum atomic E-state index is -0.509. The minimum absolute atomic E-state index is 0.0513. The summed E-state index contributed by atoms with van der Waals surface area (Å²) in [6.45, 7) is 0.963. The van der Waals surface area contributed by atoms with Gasteiger partial charge in [0.1, 0.15) is 17.2 Å². The lowest BCUT2D eigenvalue weighted by molar-refractivity contribution is -0.384. The summed E-state index contributed by atoms with van der Waals surface area (Å²) in [5, 5.41) is 13.7. The van der Waals surface area contributed by atoms with Crippen molar-refractivity contribution in [3.05, 3.63) is 52.1 Å². The molecule has 2 aromatic carbocycles. The number of anilines is 1. The molecule has 0 aliphatic carbocycles. The minimum Gasteiger partial charge on any atom is -0.497 e. The third kappa shape index (κ3) is 4.62. The van der Waals surface area contributed by atoms with Crippen molar-refractivity contribution in [2.45, 2.75) is 18.9 Å². The van der Waals surface area contributed by atoms with Crippen LogP contribution in [0.2, 0.25) is 0 Å². The van der Waals surface area contributed by atoms with E-state index in [-0.39, 0.29) is 29.9 Å². The average Bonchev–Trinajstić information content (AvgIpc) is 3.20. The zero-order valence-corrected chi connectivity index (χ0v) is 17.2. The van der Waals surface area contributed by atoms with Gasteiger partial charge in [-0.25, -0.2) is 0 Å². The summed E-state index contributed by atoms with van der Waals surface area (Å²) in [6, 6.07) is 9.84. The Balaban J connectivity index is 1.73. The molecule has 0 saturated carbocycles. The molecule has 1 atom stereocenters. The fraction of sp³-hybridized carbons (Fsp3) is 0.381. The fourth-order valence-electron chi connectivity index (χ4n) is 3.73. The molecule has 30 heavy (non-hydrogen) atoms. The number of carbonyl (C=O) groups is 1. The number of rotatable bonds is 8. The number of benzene rings is 2. The van der Waals surface area contributed by atoms with E-state index in [1.165, 1.54) is 25.3 Å².